The Morgan fingerprint density at radius 2 is 2.24 bits per heavy atom. The maximum atomic E-state index is 12.4. The molecule has 0 saturated heterocycles. The van der Waals surface area contributed by atoms with Gasteiger partial charge in [-0.25, -0.2) is 9.78 Å². The average molecular weight is 320 g/mol. The average Bonchev–Trinajstić information content (AvgIpc) is 2.98. The SMILES string of the molecule is Cc1cc(NC(=O)N(C)Cc2nc(C(F)(F)F)cs2)no1. The van der Waals surface area contributed by atoms with Crippen molar-refractivity contribution in [3.8, 4) is 0 Å². The number of carbonyl (C=O) groups is 1. The van der Waals surface area contributed by atoms with Crippen molar-refractivity contribution in [2.24, 2.45) is 0 Å². The summed E-state index contributed by atoms with van der Waals surface area (Å²) in [5.41, 5.74) is -0.955. The zero-order valence-corrected chi connectivity index (χ0v) is 11.9. The zero-order valence-electron chi connectivity index (χ0n) is 11.1. The molecule has 0 unspecified atom stereocenters. The van der Waals surface area contributed by atoms with Gasteiger partial charge in [-0.3, -0.25) is 5.32 Å². The molecule has 2 heterocycles. The van der Waals surface area contributed by atoms with Crippen molar-refractivity contribution in [3.63, 3.8) is 0 Å². The molecule has 0 saturated carbocycles. The fraction of sp³-hybridized carbons (Fsp3) is 0.364. The minimum Gasteiger partial charge on any atom is -0.360 e. The first-order valence-corrected chi connectivity index (χ1v) is 6.60. The zero-order chi connectivity index (χ0) is 15.6. The topological polar surface area (TPSA) is 71.3 Å². The van der Waals surface area contributed by atoms with E-state index in [1.54, 1.807) is 6.92 Å². The summed E-state index contributed by atoms with van der Waals surface area (Å²) in [6.45, 7) is 1.63. The van der Waals surface area contributed by atoms with E-state index in [9.17, 15) is 18.0 Å². The molecule has 0 atom stereocenters. The summed E-state index contributed by atoms with van der Waals surface area (Å²) in [4.78, 5) is 16.5. The van der Waals surface area contributed by atoms with Crippen LogP contribution in [0.4, 0.5) is 23.8 Å². The molecule has 0 aliphatic rings. The van der Waals surface area contributed by atoms with Gasteiger partial charge in [-0.2, -0.15) is 13.2 Å². The fourth-order valence-corrected chi connectivity index (χ4v) is 2.27. The summed E-state index contributed by atoms with van der Waals surface area (Å²) in [7, 11) is 1.44. The highest BCUT2D eigenvalue weighted by Crippen LogP contribution is 2.30. The van der Waals surface area contributed by atoms with Gasteiger partial charge in [0.2, 0.25) is 0 Å². The van der Waals surface area contributed by atoms with E-state index < -0.39 is 17.9 Å². The molecule has 1 N–H and O–H groups in total. The van der Waals surface area contributed by atoms with Crippen molar-refractivity contribution in [3.05, 3.63) is 27.9 Å². The van der Waals surface area contributed by atoms with E-state index in [4.69, 9.17) is 4.52 Å². The van der Waals surface area contributed by atoms with Crippen LogP contribution in [0.25, 0.3) is 0 Å². The molecule has 0 aliphatic carbocycles. The van der Waals surface area contributed by atoms with Crippen molar-refractivity contribution in [1.29, 1.82) is 0 Å². The number of hydrogen-bond acceptors (Lipinski definition) is 5. The van der Waals surface area contributed by atoms with E-state index in [1.807, 2.05) is 0 Å². The standard InChI is InChI=1S/C11H11F3N4O2S/c1-6-3-8(17-20-6)16-10(19)18(2)4-9-15-7(5-21-9)11(12,13)14/h3,5H,4H2,1-2H3,(H,16,17,19). The number of halogens is 3. The van der Waals surface area contributed by atoms with Crippen molar-refractivity contribution in [2.75, 3.05) is 12.4 Å². The van der Waals surface area contributed by atoms with Crippen molar-refractivity contribution in [2.45, 2.75) is 19.6 Å². The molecule has 2 rings (SSSR count). The van der Waals surface area contributed by atoms with Crippen LogP contribution in [-0.2, 0) is 12.7 Å². The normalized spacial score (nSPS) is 11.5. The van der Waals surface area contributed by atoms with Crippen LogP contribution < -0.4 is 5.32 Å². The van der Waals surface area contributed by atoms with Gasteiger partial charge in [0.15, 0.2) is 11.5 Å². The number of aryl methyl sites for hydroxylation is 1. The predicted octanol–water partition coefficient (Wildman–Crippen LogP) is 3.12. The maximum absolute atomic E-state index is 12.4. The van der Waals surface area contributed by atoms with Gasteiger partial charge < -0.3 is 9.42 Å². The smallest absolute Gasteiger partial charge is 0.360 e. The number of aromatic nitrogens is 2. The molecule has 114 valence electrons. The molecule has 2 amide bonds. The van der Waals surface area contributed by atoms with E-state index in [2.05, 4.69) is 15.5 Å². The van der Waals surface area contributed by atoms with Crippen LogP contribution in [0.5, 0.6) is 0 Å². The lowest BCUT2D eigenvalue weighted by Crippen LogP contribution is -2.31. The fourth-order valence-electron chi connectivity index (χ4n) is 1.42. The molecule has 0 spiro atoms. The number of hydrogen-bond donors (Lipinski definition) is 1. The second kappa shape index (κ2) is 5.72. The Bertz CT molecular complexity index is 637. The molecule has 2 aromatic heterocycles. The Morgan fingerprint density at radius 3 is 2.76 bits per heavy atom. The van der Waals surface area contributed by atoms with Gasteiger partial charge in [0.05, 0.1) is 6.54 Å². The molecule has 2 aromatic rings. The third-order valence-corrected chi connectivity index (χ3v) is 3.26. The van der Waals surface area contributed by atoms with E-state index in [0.29, 0.717) is 5.76 Å². The van der Waals surface area contributed by atoms with Crippen molar-refractivity contribution >= 4 is 23.2 Å². The second-order valence-corrected chi connectivity index (χ2v) is 5.18. The summed E-state index contributed by atoms with van der Waals surface area (Å²) < 4.78 is 42.0. The van der Waals surface area contributed by atoms with Crippen LogP contribution in [0.2, 0.25) is 0 Å². The quantitative estimate of drug-likeness (QED) is 0.943. The second-order valence-electron chi connectivity index (χ2n) is 4.23. The van der Waals surface area contributed by atoms with Gasteiger partial charge in [-0.1, -0.05) is 5.16 Å². The Labute approximate surface area is 121 Å². The third-order valence-electron chi connectivity index (χ3n) is 2.42. The Hall–Kier alpha value is -2.10. The minimum atomic E-state index is -4.48. The Morgan fingerprint density at radius 1 is 1.52 bits per heavy atom. The predicted molar refractivity (Wildman–Crippen MR) is 68.8 cm³/mol. The molecule has 0 bridgehead atoms. The van der Waals surface area contributed by atoms with Gasteiger partial charge in [0.25, 0.3) is 0 Å². The molecular weight excluding hydrogens is 309 g/mol. The van der Waals surface area contributed by atoms with E-state index >= 15 is 0 Å². The summed E-state index contributed by atoms with van der Waals surface area (Å²) in [6, 6.07) is 1.00. The van der Waals surface area contributed by atoms with E-state index in [0.717, 1.165) is 16.7 Å². The van der Waals surface area contributed by atoms with Crippen LogP contribution in [0.1, 0.15) is 16.5 Å². The van der Waals surface area contributed by atoms with Gasteiger partial charge >= 0.3 is 12.2 Å². The van der Waals surface area contributed by atoms with Crippen LogP contribution >= 0.6 is 11.3 Å². The summed E-state index contributed by atoms with van der Waals surface area (Å²) in [6.07, 6.45) is -4.48. The highest BCUT2D eigenvalue weighted by Gasteiger charge is 2.33. The first-order chi connectivity index (χ1) is 9.75. The van der Waals surface area contributed by atoms with Crippen molar-refractivity contribution < 1.29 is 22.5 Å². The van der Waals surface area contributed by atoms with Gasteiger partial charge in [-0.05, 0) is 6.92 Å². The largest absolute Gasteiger partial charge is 0.434 e. The number of nitrogens with one attached hydrogen (secondary N) is 1. The molecule has 0 radical (unpaired) electrons. The lowest BCUT2D eigenvalue weighted by Gasteiger charge is -2.15. The molecule has 6 nitrogen and oxygen atoms in total. The van der Waals surface area contributed by atoms with Crippen LogP contribution in [0.3, 0.4) is 0 Å². The number of alkyl halides is 3. The highest BCUT2D eigenvalue weighted by atomic mass is 32.1. The van der Waals surface area contributed by atoms with Crippen molar-refractivity contribution in [1.82, 2.24) is 15.0 Å². The first-order valence-electron chi connectivity index (χ1n) is 5.73. The molecule has 10 heteroatoms. The lowest BCUT2D eigenvalue weighted by atomic mass is 10.5. The third kappa shape index (κ3) is 3.94. The number of nitrogens with zero attached hydrogens (tertiary/aromatic N) is 3. The number of urea groups is 1. The number of thiazole rings is 1. The lowest BCUT2D eigenvalue weighted by molar-refractivity contribution is -0.140. The number of rotatable bonds is 3. The number of carbonyl (C=O) groups excluding carboxylic acids is 1. The highest BCUT2D eigenvalue weighted by molar-refractivity contribution is 7.09. The monoisotopic (exact) mass is 320 g/mol. The van der Waals surface area contributed by atoms with Crippen LogP contribution in [-0.4, -0.2) is 28.1 Å². The Balaban J connectivity index is 1.96. The molecule has 0 aliphatic heterocycles. The summed E-state index contributed by atoms with van der Waals surface area (Å²) in [5.74, 6) is 0.766. The van der Waals surface area contributed by atoms with Crippen LogP contribution in [0.15, 0.2) is 16.0 Å². The number of anilines is 1. The molecule has 0 aromatic carbocycles. The number of amides is 2. The Kier molecular flexibility index (Phi) is 4.16. The van der Waals surface area contributed by atoms with Gasteiger partial charge in [-0.15, -0.1) is 11.3 Å². The maximum Gasteiger partial charge on any atom is 0.434 e. The minimum absolute atomic E-state index is 0.0383. The van der Waals surface area contributed by atoms with Gasteiger partial charge in [0.1, 0.15) is 10.8 Å². The van der Waals surface area contributed by atoms with Gasteiger partial charge in [0, 0.05) is 18.5 Å². The first kappa shape index (κ1) is 15.3. The molecule has 21 heavy (non-hydrogen) atoms. The summed E-state index contributed by atoms with van der Waals surface area (Å²) in [5, 5.41) is 7.15. The van der Waals surface area contributed by atoms with Crippen LogP contribution in [0, 0.1) is 6.92 Å². The molecule has 0 fully saturated rings. The summed E-state index contributed by atoms with van der Waals surface area (Å²) >= 11 is 0.846. The van der Waals surface area contributed by atoms with E-state index in [1.165, 1.54) is 18.0 Å². The van der Waals surface area contributed by atoms with E-state index in [-0.39, 0.29) is 17.4 Å². The molecular formula is C11H11F3N4O2S.